The molecule has 0 radical (unpaired) electrons. The number of pyridine rings is 1. The number of nitrogens with zero attached hydrogens (tertiary/aromatic N) is 1. The maximum Gasteiger partial charge on any atom is 0.268 e. The molecule has 0 saturated carbocycles. The fourth-order valence-corrected chi connectivity index (χ4v) is 3.09. The number of nitrogens with one attached hydrogen (secondary N) is 3. The van der Waals surface area contributed by atoms with Gasteiger partial charge in [-0.2, -0.15) is 0 Å². The Labute approximate surface area is 144 Å². The molecule has 3 aromatic rings. The Morgan fingerprint density at radius 3 is 2.80 bits per heavy atom. The van der Waals surface area contributed by atoms with Crippen LogP contribution in [0.2, 0.25) is 0 Å². The highest BCUT2D eigenvalue weighted by Gasteiger charge is 2.23. The minimum atomic E-state index is -0.230. The van der Waals surface area contributed by atoms with Crippen LogP contribution in [-0.2, 0) is 4.79 Å². The number of carbonyl (C=O) groups excluding carboxylic acids is 2. The van der Waals surface area contributed by atoms with Crippen molar-refractivity contribution in [1.29, 1.82) is 0 Å². The number of aromatic amines is 1. The maximum atomic E-state index is 12.4. The summed E-state index contributed by atoms with van der Waals surface area (Å²) in [6, 6.07) is 11.2. The van der Waals surface area contributed by atoms with Crippen LogP contribution >= 0.6 is 0 Å². The van der Waals surface area contributed by atoms with Gasteiger partial charge in [-0.15, -0.1) is 0 Å². The Bertz CT molecular complexity index is 989. The van der Waals surface area contributed by atoms with Gasteiger partial charge in [0.05, 0.1) is 0 Å². The smallest absolute Gasteiger partial charge is 0.268 e. The van der Waals surface area contributed by atoms with E-state index in [4.69, 9.17) is 0 Å². The molecule has 0 saturated heterocycles. The van der Waals surface area contributed by atoms with E-state index in [0.29, 0.717) is 24.3 Å². The van der Waals surface area contributed by atoms with Gasteiger partial charge >= 0.3 is 0 Å². The molecule has 0 aliphatic carbocycles. The zero-order valence-corrected chi connectivity index (χ0v) is 13.4. The minimum absolute atomic E-state index is 0.149. The van der Waals surface area contributed by atoms with Crippen LogP contribution in [0.5, 0.6) is 0 Å². The summed E-state index contributed by atoms with van der Waals surface area (Å²) in [7, 11) is 0. The molecule has 0 fully saturated rings. The van der Waals surface area contributed by atoms with Crippen LogP contribution in [-0.4, -0.2) is 28.3 Å². The van der Waals surface area contributed by atoms with Gasteiger partial charge in [0.2, 0.25) is 5.91 Å². The normalized spacial score (nSPS) is 15.5. The molecule has 124 valence electrons. The number of para-hydroxylation sites is 1. The molecule has 6 nitrogen and oxygen atoms in total. The number of fused-ring (bicyclic) bond motifs is 3. The molecule has 2 amide bonds. The second-order valence-corrected chi connectivity index (χ2v) is 5.82. The third-order valence-electron chi connectivity index (χ3n) is 4.19. The van der Waals surface area contributed by atoms with E-state index in [2.05, 4.69) is 20.6 Å². The summed E-state index contributed by atoms with van der Waals surface area (Å²) < 4.78 is 0. The van der Waals surface area contributed by atoms with Crippen LogP contribution in [0.25, 0.3) is 16.5 Å². The second-order valence-electron chi connectivity index (χ2n) is 5.82. The van der Waals surface area contributed by atoms with Gasteiger partial charge in [0.1, 0.15) is 5.69 Å². The third-order valence-corrected chi connectivity index (χ3v) is 4.19. The average molecular weight is 332 g/mol. The lowest BCUT2D eigenvalue weighted by atomic mass is 9.99. The van der Waals surface area contributed by atoms with Crippen molar-refractivity contribution in [3.8, 4) is 0 Å². The van der Waals surface area contributed by atoms with Gasteiger partial charge in [-0.1, -0.05) is 18.2 Å². The van der Waals surface area contributed by atoms with Crippen molar-refractivity contribution in [3.05, 3.63) is 66.1 Å². The van der Waals surface area contributed by atoms with E-state index in [1.807, 2.05) is 24.3 Å². The van der Waals surface area contributed by atoms with Crippen molar-refractivity contribution >= 4 is 34.0 Å². The molecule has 6 heteroatoms. The summed E-state index contributed by atoms with van der Waals surface area (Å²) in [6.45, 7) is 0.490. The van der Waals surface area contributed by atoms with Gasteiger partial charge < -0.3 is 15.6 Å². The Morgan fingerprint density at radius 2 is 1.96 bits per heavy atom. The van der Waals surface area contributed by atoms with E-state index >= 15 is 0 Å². The van der Waals surface area contributed by atoms with Gasteiger partial charge in [0.25, 0.3) is 5.91 Å². The van der Waals surface area contributed by atoms with E-state index in [-0.39, 0.29) is 11.8 Å². The predicted molar refractivity (Wildman–Crippen MR) is 96.1 cm³/mol. The number of benzene rings is 1. The zero-order chi connectivity index (χ0) is 17.2. The van der Waals surface area contributed by atoms with Crippen LogP contribution in [0.4, 0.5) is 5.69 Å². The Kier molecular flexibility index (Phi) is 3.78. The van der Waals surface area contributed by atoms with Crippen molar-refractivity contribution in [2.45, 2.75) is 6.42 Å². The predicted octanol–water partition coefficient (Wildman–Crippen LogP) is 2.72. The molecule has 1 aromatic carbocycles. The molecule has 2 aromatic heterocycles. The van der Waals surface area contributed by atoms with E-state index in [1.54, 1.807) is 30.6 Å². The number of hydrogen-bond donors (Lipinski definition) is 3. The Balaban J connectivity index is 1.76. The van der Waals surface area contributed by atoms with E-state index in [0.717, 1.165) is 22.0 Å². The van der Waals surface area contributed by atoms with Crippen molar-refractivity contribution < 1.29 is 9.59 Å². The zero-order valence-electron chi connectivity index (χ0n) is 13.4. The SMILES string of the molecule is O=C(/C=C1/CCNC(=O)c2[nH]c3ccccc3c21)Nc1ccncc1. The number of aromatic nitrogens is 2. The highest BCUT2D eigenvalue weighted by atomic mass is 16.2. The van der Waals surface area contributed by atoms with Crippen molar-refractivity contribution in [1.82, 2.24) is 15.3 Å². The van der Waals surface area contributed by atoms with Crippen molar-refractivity contribution in [2.24, 2.45) is 0 Å². The number of anilines is 1. The number of amides is 2. The first kappa shape index (κ1) is 15.1. The first-order valence-corrected chi connectivity index (χ1v) is 8.03. The van der Waals surface area contributed by atoms with Gasteiger partial charge in [-0.05, 0) is 30.2 Å². The quantitative estimate of drug-likeness (QED) is 0.631. The second kappa shape index (κ2) is 6.24. The standard InChI is InChI=1S/C19H16N4O2/c24-16(22-13-6-8-20-9-7-13)11-12-5-10-21-19(25)18-17(12)14-3-1-2-4-15(14)23-18/h1-4,6-9,11,23H,5,10H2,(H,21,25)(H,20,22,24)/b12-11-. The summed E-state index contributed by atoms with van der Waals surface area (Å²) in [4.78, 5) is 31.8. The van der Waals surface area contributed by atoms with Crippen LogP contribution in [0, 0.1) is 0 Å². The van der Waals surface area contributed by atoms with Gasteiger partial charge in [0.15, 0.2) is 0 Å². The van der Waals surface area contributed by atoms with Crippen LogP contribution in [0.15, 0.2) is 54.9 Å². The highest BCUT2D eigenvalue weighted by Crippen LogP contribution is 2.32. The number of H-pyrrole nitrogens is 1. The fourth-order valence-electron chi connectivity index (χ4n) is 3.09. The highest BCUT2D eigenvalue weighted by molar-refractivity contribution is 6.11. The molecule has 3 N–H and O–H groups in total. The van der Waals surface area contributed by atoms with Gasteiger partial charge in [-0.25, -0.2) is 0 Å². The van der Waals surface area contributed by atoms with E-state index < -0.39 is 0 Å². The monoisotopic (exact) mass is 332 g/mol. The molecule has 0 bridgehead atoms. The number of carbonyl (C=O) groups is 2. The Morgan fingerprint density at radius 1 is 1.16 bits per heavy atom. The summed E-state index contributed by atoms with van der Waals surface area (Å²) in [5.74, 6) is -0.379. The van der Waals surface area contributed by atoms with Crippen LogP contribution < -0.4 is 10.6 Å². The molecule has 0 atom stereocenters. The molecule has 4 rings (SSSR count). The minimum Gasteiger partial charge on any atom is -0.350 e. The van der Waals surface area contributed by atoms with Crippen LogP contribution in [0.1, 0.15) is 22.5 Å². The molecule has 3 heterocycles. The molecule has 0 spiro atoms. The van der Waals surface area contributed by atoms with E-state index in [9.17, 15) is 9.59 Å². The van der Waals surface area contributed by atoms with Gasteiger partial charge in [0, 0.05) is 47.2 Å². The molecule has 1 aliphatic heterocycles. The third kappa shape index (κ3) is 2.89. The number of hydrogen-bond acceptors (Lipinski definition) is 3. The first-order valence-electron chi connectivity index (χ1n) is 8.03. The average Bonchev–Trinajstić information content (AvgIpc) is 2.94. The summed E-state index contributed by atoms with van der Waals surface area (Å²) in [5, 5.41) is 6.63. The maximum absolute atomic E-state index is 12.4. The first-order chi connectivity index (χ1) is 12.2. The largest absolute Gasteiger partial charge is 0.350 e. The van der Waals surface area contributed by atoms with Crippen LogP contribution in [0.3, 0.4) is 0 Å². The van der Waals surface area contributed by atoms with Crippen molar-refractivity contribution in [2.75, 3.05) is 11.9 Å². The molecular weight excluding hydrogens is 316 g/mol. The lowest BCUT2D eigenvalue weighted by molar-refractivity contribution is -0.111. The molecular formula is C19H16N4O2. The summed E-state index contributed by atoms with van der Waals surface area (Å²) in [6.07, 6.45) is 5.40. The lowest BCUT2D eigenvalue weighted by Crippen LogP contribution is -2.22. The molecule has 25 heavy (non-hydrogen) atoms. The molecule has 0 unspecified atom stereocenters. The van der Waals surface area contributed by atoms with E-state index in [1.165, 1.54) is 0 Å². The summed E-state index contributed by atoms with van der Waals surface area (Å²) in [5.41, 5.74) is 3.69. The summed E-state index contributed by atoms with van der Waals surface area (Å²) >= 11 is 0. The topological polar surface area (TPSA) is 86.9 Å². The Hall–Kier alpha value is -3.41. The van der Waals surface area contributed by atoms with Crippen molar-refractivity contribution in [3.63, 3.8) is 0 Å². The lowest BCUT2D eigenvalue weighted by Gasteiger charge is -2.06. The fraction of sp³-hybridized carbons (Fsp3) is 0.105. The molecule has 1 aliphatic rings. The number of rotatable bonds is 2. The van der Waals surface area contributed by atoms with Gasteiger partial charge in [-0.3, -0.25) is 14.6 Å².